The molecular weight excluding hydrogens is 470 g/mol. The number of fused-ring (bicyclic) bond motifs is 3. The zero-order chi connectivity index (χ0) is 25.7. The Hall–Kier alpha value is -4.01. The topological polar surface area (TPSA) is 85.9 Å². The van der Waals surface area contributed by atoms with Crippen molar-refractivity contribution in [3.05, 3.63) is 60.3 Å². The second-order valence-corrected chi connectivity index (χ2v) is 10.8. The molecule has 2 atom stereocenters. The van der Waals surface area contributed by atoms with Crippen LogP contribution in [-0.2, 0) is 18.4 Å². The summed E-state index contributed by atoms with van der Waals surface area (Å²) in [5.41, 5.74) is 3.53. The summed E-state index contributed by atoms with van der Waals surface area (Å²) in [6, 6.07) is 16.6. The number of hydrogen-bond donors (Lipinski definition) is 0. The van der Waals surface area contributed by atoms with Crippen molar-refractivity contribution in [2.45, 2.75) is 51.5 Å². The van der Waals surface area contributed by atoms with Crippen LogP contribution in [0.15, 0.2) is 59.1 Å². The predicted molar refractivity (Wildman–Crippen MR) is 139 cm³/mol. The second-order valence-electron chi connectivity index (χ2n) is 10.8. The molecule has 0 radical (unpaired) electrons. The minimum absolute atomic E-state index is 0.0765. The van der Waals surface area contributed by atoms with Crippen LogP contribution < -0.4 is 9.64 Å². The Labute approximate surface area is 215 Å². The average molecular weight is 502 g/mol. The molecule has 9 nitrogen and oxygen atoms in total. The van der Waals surface area contributed by atoms with E-state index in [4.69, 9.17) is 18.9 Å². The van der Waals surface area contributed by atoms with Crippen molar-refractivity contribution in [3.63, 3.8) is 0 Å². The van der Waals surface area contributed by atoms with Crippen LogP contribution in [0.5, 0.6) is 5.75 Å². The van der Waals surface area contributed by atoms with Crippen LogP contribution in [-0.4, -0.2) is 56.5 Å². The highest BCUT2D eigenvalue weighted by Gasteiger charge is 2.49. The maximum Gasteiger partial charge on any atom is 0.410 e. The van der Waals surface area contributed by atoms with Crippen molar-refractivity contribution >= 4 is 23.2 Å². The van der Waals surface area contributed by atoms with Crippen LogP contribution in [0.4, 0.5) is 10.8 Å². The molecule has 0 saturated carbocycles. The molecule has 7 rings (SSSR count). The lowest BCUT2D eigenvalue weighted by molar-refractivity contribution is -0.0386. The standard InChI is InChI=1S/C28H31N5O4/c1-28(2,3)37-27(34)33-19-14-20(33)16-32(15-19)26-29-24-23(35-17-18-8-6-5-7-9-18)11-10-21(25(24)36-26)22-12-13-31(4)30-22/h5-13,19-20H,14-17H2,1-4H3. The molecule has 2 unspecified atom stereocenters. The first-order valence-corrected chi connectivity index (χ1v) is 12.6. The number of carbonyl (C=O) groups excluding carboxylic acids is 1. The minimum atomic E-state index is -0.515. The van der Waals surface area contributed by atoms with E-state index in [0.29, 0.717) is 42.6 Å². The summed E-state index contributed by atoms with van der Waals surface area (Å²) in [7, 11) is 1.89. The van der Waals surface area contributed by atoms with Gasteiger partial charge in [0.15, 0.2) is 11.1 Å². The van der Waals surface area contributed by atoms with Gasteiger partial charge in [-0.05, 0) is 51.0 Å². The number of carbonyl (C=O) groups is 1. The molecule has 4 aromatic rings. The van der Waals surface area contributed by atoms with Crippen molar-refractivity contribution in [2.24, 2.45) is 7.05 Å². The monoisotopic (exact) mass is 501 g/mol. The maximum atomic E-state index is 12.7. The van der Waals surface area contributed by atoms with Crippen LogP contribution >= 0.6 is 0 Å². The van der Waals surface area contributed by atoms with Gasteiger partial charge in [-0.3, -0.25) is 9.58 Å². The molecule has 1 amide bonds. The number of anilines is 1. The summed E-state index contributed by atoms with van der Waals surface area (Å²) >= 11 is 0. The molecule has 3 aliphatic rings. The lowest BCUT2D eigenvalue weighted by atomic mass is 9.88. The van der Waals surface area contributed by atoms with E-state index in [1.165, 1.54) is 0 Å². The molecule has 0 N–H and O–H groups in total. The van der Waals surface area contributed by atoms with E-state index in [2.05, 4.69) is 10.00 Å². The normalized spacial score (nSPS) is 19.1. The van der Waals surface area contributed by atoms with E-state index >= 15 is 0 Å². The molecule has 5 heterocycles. The van der Waals surface area contributed by atoms with Crippen LogP contribution in [0.1, 0.15) is 32.8 Å². The van der Waals surface area contributed by atoms with Gasteiger partial charge in [-0.15, -0.1) is 0 Å². The lowest BCUT2D eigenvalue weighted by Crippen LogP contribution is -2.70. The predicted octanol–water partition coefficient (Wildman–Crippen LogP) is 5.01. The number of hydrogen-bond acceptors (Lipinski definition) is 7. The highest BCUT2D eigenvalue weighted by atomic mass is 16.6. The summed E-state index contributed by atoms with van der Waals surface area (Å²) in [6.07, 6.45) is 2.61. The summed E-state index contributed by atoms with van der Waals surface area (Å²) in [4.78, 5) is 21.6. The summed E-state index contributed by atoms with van der Waals surface area (Å²) < 4.78 is 20.0. The first-order chi connectivity index (χ1) is 17.7. The van der Waals surface area contributed by atoms with Crippen LogP contribution in [0.3, 0.4) is 0 Å². The van der Waals surface area contributed by atoms with Gasteiger partial charge in [0.05, 0.1) is 17.8 Å². The third-order valence-corrected chi connectivity index (χ3v) is 6.79. The van der Waals surface area contributed by atoms with Crippen molar-refractivity contribution < 1.29 is 18.7 Å². The Balaban J connectivity index is 1.29. The number of rotatable bonds is 5. The number of piperidine rings is 1. The molecular formula is C28H31N5O4. The van der Waals surface area contributed by atoms with E-state index in [1.54, 1.807) is 4.68 Å². The molecule has 3 saturated heterocycles. The number of aromatic nitrogens is 3. The Bertz CT molecular complexity index is 1430. The number of nitrogens with zero attached hydrogens (tertiary/aromatic N) is 5. The van der Waals surface area contributed by atoms with Crippen molar-refractivity contribution in [3.8, 4) is 17.0 Å². The Morgan fingerprint density at radius 1 is 1.08 bits per heavy atom. The number of piperazine rings is 1. The third kappa shape index (κ3) is 4.50. The zero-order valence-corrected chi connectivity index (χ0v) is 21.5. The molecule has 3 aliphatic heterocycles. The SMILES string of the molecule is Cn1ccc(-c2ccc(OCc3ccccc3)c3nc(N4CC5CC(C4)N5C(=O)OC(C)(C)C)oc23)n1. The van der Waals surface area contributed by atoms with Gasteiger partial charge < -0.3 is 18.8 Å². The van der Waals surface area contributed by atoms with E-state index < -0.39 is 5.60 Å². The number of ether oxygens (including phenoxy) is 2. The molecule has 0 spiro atoms. The molecule has 192 valence electrons. The molecule has 2 bridgehead atoms. The molecule has 3 fully saturated rings. The van der Waals surface area contributed by atoms with Gasteiger partial charge in [-0.25, -0.2) is 4.79 Å². The van der Waals surface area contributed by atoms with E-state index in [-0.39, 0.29) is 18.2 Å². The van der Waals surface area contributed by atoms with Crippen LogP contribution in [0.2, 0.25) is 0 Å². The fraction of sp³-hybridized carbons (Fsp3) is 0.393. The quantitative estimate of drug-likeness (QED) is 0.380. The summed E-state index contributed by atoms with van der Waals surface area (Å²) in [5.74, 6) is 0.658. The lowest BCUT2D eigenvalue weighted by Gasteiger charge is -2.55. The molecule has 0 aliphatic carbocycles. The summed E-state index contributed by atoms with van der Waals surface area (Å²) in [6.45, 7) is 7.38. The van der Waals surface area contributed by atoms with Gasteiger partial charge >= 0.3 is 6.09 Å². The van der Waals surface area contributed by atoms with Crippen molar-refractivity contribution in [1.29, 1.82) is 0 Å². The van der Waals surface area contributed by atoms with E-state index in [1.807, 2.05) is 87.4 Å². The van der Waals surface area contributed by atoms with Crippen LogP contribution in [0.25, 0.3) is 22.4 Å². The first kappa shape index (κ1) is 23.4. The third-order valence-electron chi connectivity index (χ3n) is 6.79. The smallest absolute Gasteiger partial charge is 0.410 e. The highest BCUT2D eigenvalue weighted by Crippen LogP contribution is 2.40. The Morgan fingerprint density at radius 3 is 2.51 bits per heavy atom. The first-order valence-electron chi connectivity index (χ1n) is 12.6. The van der Waals surface area contributed by atoms with Gasteiger partial charge in [0.2, 0.25) is 0 Å². The van der Waals surface area contributed by atoms with Gasteiger partial charge in [-0.2, -0.15) is 10.1 Å². The Kier molecular flexibility index (Phi) is 5.58. The second kappa shape index (κ2) is 8.83. The number of aryl methyl sites for hydroxylation is 1. The van der Waals surface area contributed by atoms with E-state index in [9.17, 15) is 4.79 Å². The van der Waals surface area contributed by atoms with Crippen LogP contribution in [0, 0.1) is 0 Å². The fourth-order valence-corrected chi connectivity index (χ4v) is 5.10. The molecule has 37 heavy (non-hydrogen) atoms. The van der Waals surface area contributed by atoms with Gasteiger partial charge in [0, 0.05) is 31.9 Å². The van der Waals surface area contributed by atoms with Gasteiger partial charge in [0.25, 0.3) is 6.01 Å². The van der Waals surface area contributed by atoms with E-state index in [0.717, 1.165) is 23.2 Å². The van der Waals surface area contributed by atoms with Crippen molar-refractivity contribution in [2.75, 3.05) is 18.0 Å². The summed E-state index contributed by atoms with van der Waals surface area (Å²) in [5, 5.41) is 4.57. The largest absolute Gasteiger partial charge is 0.486 e. The van der Waals surface area contributed by atoms with Gasteiger partial charge in [0.1, 0.15) is 18.0 Å². The molecule has 9 heteroatoms. The fourth-order valence-electron chi connectivity index (χ4n) is 5.10. The highest BCUT2D eigenvalue weighted by molar-refractivity contribution is 5.94. The van der Waals surface area contributed by atoms with Gasteiger partial charge in [-0.1, -0.05) is 30.3 Å². The Morgan fingerprint density at radius 2 is 1.84 bits per heavy atom. The average Bonchev–Trinajstić information content (AvgIpc) is 3.49. The maximum absolute atomic E-state index is 12.7. The minimum Gasteiger partial charge on any atom is -0.486 e. The van der Waals surface area contributed by atoms with Crippen molar-refractivity contribution in [1.82, 2.24) is 19.7 Å². The number of oxazole rings is 1. The number of amides is 1. The zero-order valence-electron chi connectivity index (χ0n) is 21.5. The molecule has 2 aromatic carbocycles. The molecule has 2 aromatic heterocycles. The number of benzene rings is 2.